The molecule has 0 aromatic carbocycles. The molecule has 18 heavy (non-hydrogen) atoms. The van der Waals surface area contributed by atoms with Gasteiger partial charge in [0.25, 0.3) is 0 Å². The molecule has 4 nitrogen and oxygen atoms in total. The molecule has 0 amide bonds. The van der Waals surface area contributed by atoms with Crippen molar-refractivity contribution < 1.29 is 18.9 Å². The first-order chi connectivity index (χ1) is 8.22. The van der Waals surface area contributed by atoms with Gasteiger partial charge in [0.05, 0.1) is 0 Å². The van der Waals surface area contributed by atoms with Crippen LogP contribution in [0.5, 0.6) is 0 Å². The van der Waals surface area contributed by atoms with Crippen LogP contribution in [-0.2, 0) is 18.9 Å². The molecule has 0 aromatic heterocycles. The zero-order valence-electron chi connectivity index (χ0n) is 10.4. The van der Waals surface area contributed by atoms with E-state index in [4.69, 9.17) is 67.8 Å². The quantitative estimate of drug-likeness (QED) is 0.563. The topological polar surface area (TPSA) is 36.9 Å². The van der Waals surface area contributed by atoms with E-state index in [0.29, 0.717) is 0 Å². The Morgan fingerprint density at radius 3 is 0.833 bits per heavy atom. The molecule has 0 radical (unpaired) electrons. The van der Waals surface area contributed by atoms with Crippen molar-refractivity contribution in [1.29, 1.82) is 0 Å². The Morgan fingerprint density at radius 2 is 0.722 bits per heavy atom. The number of hydrogen-bond donors (Lipinski definition) is 0. The zero-order valence-corrected chi connectivity index (χ0v) is 13.7. The van der Waals surface area contributed by atoms with Crippen LogP contribution < -0.4 is 0 Å². The third kappa shape index (κ3) is 8.62. The van der Waals surface area contributed by atoms with Gasteiger partial charge < -0.3 is 18.9 Å². The largest absolute Gasteiger partial charge is 0.441 e. The molecule has 0 atom stereocenters. The lowest BCUT2D eigenvalue weighted by molar-refractivity contribution is -0.174. The van der Waals surface area contributed by atoms with Crippen molar-refractivity contribution in [3.8, 4) is 0 Å². The molecule has 0 aromatic rings. The van der Waals surface area contributed by atoms with Gasteiger partial charge in [-0.05, 0) is 48.9 Å². The average Bonchev–Trinajstić information content (AvgIpc) is 2.12. The summed E-state index contributed by atoms with van der Waals surface area (Å²) in [5, 5.41) is 1.05. The minimum Gasteiger partial charge on any atom is -0.441 e. The fourth-order valence-electron chi connectivity index (χ4n) is 0.925. The predicted molar refractivity (Wildman–Crippen MR) is 85.0 cm³/mol. The molecule has 0 saturated carbocycles. The minimum atomic E-state index is -0.962. The lowest BCUT2D eigenvalue weighted by atomic mass is 10.5. The minimum absolute atomic E-state index is 0.262. The van der Waals surface area contributed by atoms with Gasteiger partial charge in [-0.15, -0.1) is 0 Å². The lowest BCUT2D eigenvalue weighted by Crippen LogP contribution is -2.39. The van der Waals surface area contributed by atoms with Gasteiger partial charge in [0, 0.05) is 27.7 Å². The lowest BCUT2D eigenvalue weighted by Gasteiger charge is -2.27. The van der Waals surface area contributed by atoms with Gasteiger partial charge in [-0.3, -0.25) is 0 Å². The van der Waals surface area contributed by atoms with E-state index in [1.165, 1.54) is 0 Å². The van der Waals surface area contributed by atoms with Gasteiger partial charge in [-0.25, -0.2) is 0 Å². The molecule has 0 saturated heterocycles. The van der Waals surface area contributed by atoms with Crippen LogP contribution in [0.3, 0.4) is 0 Å². The Labute approximate surface area is 128 Å². The molecule has 8 heteroatoms. The van der Waals surface area contributed by atoms with Crippen LogP contribution >= 0.6 is 48.9 Å². The molecule has 102 valence electrons. The van der Waals surface area contributed by atoms with E-state index in [9.17, 15) is 0 Å². The van der Waals surface area contributed by atoms with E-state index in [2.05, 4.69) is 0 Å². The second-order valence-corrected chi connectivity index (χ2v) is 5.47. The summed E-state index contributed by atoms with van der Waals surface area (Å²) in [5.41, 5.74) is 0. The molecule has 0 aliphatic carbocycles. The van der Waals surface area contributed by atoms with Crippen molar-refractivity contribution in [3.05, 3.63) is 0 Å². The molecule has 0 aliphatic rings. The third-order valence-corrected chi connectivity index (χ3v) is 1.74. The monoisotopic (exact) mass is 326 g/mol. The summed E-state index contributed by atoms with van der Waals surface area (Å²) in [6.07, 6.45) is -1.92. The van der Waals surface area contributed by atoms with E-state index in [0.717, 1.165) is 0 Å². The van der Waals surface area contributed by atoms with Crippen molar-refractivity contribution in [3.63, 3.8) is 0 Å². The summed E-state index contributed by atoms with van der Waals surface area (Å²) in [7, 11) is 0. The highest BCUT2D eigenvalue weighted by Gasteiger charge is 2.30. The Hall–Kier alpha value is -0.440. The van der Waals surface area contributed by atoms with Crippen molar-refractivity contribution in [1.82, 2.24) is 0 Å². The van der Waals surface area contributed by atoms with Gasteiger partial charge in [0.15, 0.2) is 20.2 Å². The molecule has 0 N–H and O–H groups in total. The maximum Gasteiger partial charge on any atom is 0.316 e. The van der Waals surface area contributed by atoms with Gasteiger partial charge in [0.2, 0.25) is 0 Å². The van der Waals surface area contributed by atoms with Gasteiger partial charge in [0.1, 0.15) is 0 Å². The molecular weight excluding hydrogens is 312 g/mol. The highest BCUT2D eigenvalue weighted by atomic mass is 32.1. The summed E-state index contributed by atoms with van der Waals surface area (Å²) in [4.78, 5) is 0. The molecule has 0 fully saturated rings. The smallest absolute Gasteiger partial charge is 0.316 e. The summed E-state index contributed by atoms with van der Waals surface area (Å²) in [6.45, 7) is 6.37. The Balaban J connectivity index is 4.90. The number of rotatable bonds is 5. The van der Waals surface area contributed by atoms with Crippen LogP contribution in [0.2, 0.25) is 0 Å². The van der Waals surface area contributed by atoms with Crippen molar-refractivity contribution in [2.45, 2.75) is 40.3 Å². The molecule has 0 bridgehead atoms. The number of ether oxygens (including phenoxy) is 4. The first-order valence-corrected chi connectivity index (χ1v) is 6.54. The Kier molecular flexibility index (Phi) is 8.41. The van der Waals surface area contributed by atoms with Gasteiger partial charge in [-0.1, -0.05) is 0 Å². The fourth-order valence-corrected chi connectivity index (χ4v) is 1.30. The second-order valence-electron chi connectivity index (χ2n) is 3.17. The molecule has 0 spiro atoms. The van der Waals surface area contributed by atoms with Crippen LogP contribution in [0.4, 0.5) is 0 Å². The van der Waals surface area contributed by atoms with Gasteiger partial charge in [-0.2, -0.15) is 0 Å². The van der Waals surface area contributed by atoms with E-state index >= 15 is 0 Å². The summed E-state index contributed by atoms with van der Waals surface area (Å²) in [5.74, 6) is 0. The zero-order chi connectivity index (χ0) is 14.3. The normalized spacial score (nSPS) is 9.89. The molecule has 0 rings (SSSR count). The standard InChI is InChI=1S/C10H14O4S4/c1-5(15)11-9(12-6(2)16)10(13-7(3)17)14-8(4)18/h9-10H,1-4H3. The van der Waals surface area contributed by atoms with Gasteiger partial charge >= 0.3 is 12.6 Å². The Bertz CT molecular complexity index is 290. The van der Waals surface area contributed by atoms with E-state index in [1.54, 1.807) is 27.7 Å². The maximum absolute atomic E-state index is 5.28. The predicted octanol–water partition coefficient (Wildman–Crippen LogP) is 3.09. The molecular formula is C10H14O4S4. The van der Waals surface area contributed by atoms with Crippen LogP contribution in [-0.4, -0.2) is 32.8 Å². The first-order valence-electron chi connectivity index (χ1n) is 4.91. The van der Waals surface area contributed by atoms with Crippen LogP contribution in [0.1, 0.15) is 27.7 Å². The van der Waals surface area contributed by atoms with Crippen molar-refractivity contribution >= 4 is 69.1 Å². The summed E-state index contributed by atoms with van der Waals surface area (Å²) in [6, 6.07) is 0. The van der Waals surface area contributed by atoms with E-state index < -0.39 is 12.6 Å². The first kappa shape index (κ1) is 17.6. The Morgan fingerprint density at radius 1 is 0.556 bits per heavy atom. The fraction of sp³-hybridized carbons (Fsp3) is 0.600. The van der Waals surface area contributed by atoms with Crippen LogP contribution in [0, 0.1) is 0 Å². The number of thiocarbonyl (C=S) groups is 4. The maximum atomic E-state index is 5.28. The third-order valence-electron chi connectivity index (χ3n) is 1.35. The molecule has 0 heterocycles. The van der Waals surface area contributed by atoms with Crippen LogP contribution in [0.25, 0.3) is 0 Å². The van der Waals surface area contributed by atoms with Crippen molar-refractivity contribution in [2.75, 3.05) is 0 Å². The van der Waals surface area contributed by atoms with E-state index in [-0.39, 0.29) is 20.2 Å². The van der Waals surface area contributed by atoms with Crippen LogP contribution in [0.15, 0.2) is 0 Å². The highest BCUT2D eigenvalue weighted by molar-refractivity contribution is 7.80. The summed E-state index contributed by atoms with van der Waals surface area (Å²) < 4.78 is 21.1. The summed E-state index contributed by atoms with van der Waals surface area (Å²) >= 11 is 19.4. The van der Waals surface area contributed by atoms with Crippen molar-refractivity contribution in [2.24, 2.45) is 0 Å². The number of hydrogen-bond acceptors (Lipinski definition) is 8. The average molecular weight is 326 g/mol. The van der Waals surface area contributed by atoms with E-state index in [1.807, 2.05) is 0 Å². The SMILES string of the molecule is CC(=S)OC(OC(C)=S)C(OC(C)=S)OC(C)=S. The molecule has 0 aliphatic heterocycles. The second kappa shape index (κ2) is 8.63. The molecule has 0 unspecified atom stereocenters. The highest BCUT2D eigenvalue weighted by Crippen LogP contribution is 2.12.